The molecule has 1 rings (SSSR count). The standard InChI is InChI=1S/C15H23NO2/c1-5-13(14(16)17)18-12-9-7-11(8-10-12)15(3,4)6-2/h7-10,13H,5-6H2,1-4H3,(H2,16,17). The van der Waals surface area contributed by atoms with Gasteiger partial charge in [0.05, 0.1) is 0 Å². The molecule has 0 aliphatic heterocycles. The maximum Gasteiger partial charge on any atom is 0.258 e. The van der Waals surface area contributed by atoms with E-state index in [1.54, 1.807) is 0 Å². The van der Waals surface area contributed by atoms with Crippen LogP contribution < -0.4 is 10.5 Å². The summed E-state index contributed by atoms with van der Waals surface area (Å²) in [5.41, 5.74) is 6.68. The van der Waals surface area contributed by atoms with Crippen LogP contribution in [0.3, 0.4) is 0 Å². The second kappa shape index (κ2) is 5.89. The van der Waals surface area contributed by atoms with Gasteiger partial charge in [0.15, 0.2) is 6.10 Å². The van der Waals surface area contributed by atoms with Gasteiger partial charge in [-0.3, -0.25) is 4.79 Å². The average molecular weight is 249 g/mol. The number of primary amides is 1. The Morgan fingerprint density at radius 2 is 1.83 bits per heavy atom. The fraction of sp³-hybridized carbons (Fsp3) is 0.533. The molecule has 1 atom stereocenters. The van der Waals surface area contributed by atoms with Crippen molar-refractivity contribution in [2.24, 2.45) is 5.73 Å². The number of hydrogen-bond acceptors (Lipinski definition) is 2. The van der Waals surface area contributed by atoms with Gasteiger partial charge in [-0.25, -0.2) is 0 Å². The van der Waals surface area contributed by atoms with Gasteiger partial charge >= 0.3 is 0 Å². The number of amides is 1. The zero-order valence-corrected chi connectivity index (χ0v) is 11.7. The van der Waals surface area contributed by atoms with Crippen LogP contribution in [0.2, 0.25) is 0 Å². The van der Waals surface area contributed by atoms with E-state index in [2.05, 4.69) is 20.8 Å². The van der Waals surface area contributed by atoms with Crippen LogP contribution in [0.25, 0.3) is 0 Å². The van der Waals surface area contributed by atoms with Crippen LogP contribution in [-0.2, 0) is 10.2 Å². The summed E-state index contributed by atoms with van der Waals surface area (Å²) in [5, 5.41) is 0. The number of carbonyl (C=O) groups is 1. The van der Waals surface area contributed by atoms with Gasteiger partial charge in [0.25, 0.3) is 5.91 Å². The zero-order chi connectivity index (χ0) is 13.8. The number of hydrogen-bond donors (Lipinski definition) is 1. The fourth-order valence-electron chi connectivity index (χ4n) is 1.70. The Labute approximate surface area is 109 Å². The van der Waals surface area contributed by atoms with Crippen molar-refractivity contribution in [2.75, 3.05) is 0 Å². The molecule has 0 bridgehead atoms. The van der Waals surface area contributed by atoms with E-state index < -0.39 is 12.0 Å². The minimum absolute atomic E-state index is 0.159. The molecule has 0 radical (unpaired) electrons. The van der Waals surface area contributed by atoms with Crippen molar-refractivity contribution >= 4 is 5.91 Å². The average Bonchev–Trinajstić information content (AvgIpc) is 2.36. The Hall–Kier alpha value is -1.51. The van der Waals surface area contributed by atoms with E-state index in [0.29, 0.717) is 12.2 Å². The first-order valence-corrected chi connectivity index (χ1v) is 6.47. The third kappa shape index (κ3) is 3.49. The Morgan fingerprint density at radius 1 is 1.28 bits per heavy atom. The molecule has 0 heterocycles. The second-order valence-electron chi connectivity index (χ2n) is 5.18. The summed E-state index contributed by atoms with van der Waals surface area (Å²) in [4.78, 5) is 11.1. The summed E-state index contributed by atoms with van der Waals surface area (Å²) in [6.45, 7) is 8.47. The Morgan fingerprint density at radius 3 is 2.22 bits per heavy atom. The largest absolute Gasteiger partial charge is 0.481 e. The molecule has 100 valence electrons. The first-order chi connectivity index (χ1) is 8.40. The maximum atomic E-state index is 11.1. The third-order valence-corrected chi connectivity index (χ3v) is 3.49. The van der Waals surface area contributed by atoms with Gasteiger partial charge in [-0.15, -0.1) is 0 Å². The minimum atomic E-state index is -0.546. The molecule has 18 heavy (non-hydrogen) atoms. The second-order valence-corrected chi connectivity index (χ2v) is 5.18. The van der Waals surface area contributed by atoms with Crippen molar-refractivity contribution in [2.45, 2.75) is 52.1 Å². The lowest BCUT2D eigenvalue weighted by molar-refractivity contribution is -0.124. The highest BCUT2D eigenvalue weighted by molar-refractivity contribution is 5.79. The number of carbonyl (C=O) groups excluding carboxylic acids is 1. The molecule has 3 nitrogen and oxygen atoms in total. The summed E-state index contributed by atoms with van der Waals surface area (Å²) in [7, 11) is 0. The predicted molar refractivity (Wildman–Crippen MR) is 73.7 cm³/mol. The normalized spacial score (nSPS) is 13.1. The molecule has 1 aromatic rings. The van der Waals surface area contributed by atoms with Gasteiger partial charge in [0, 0.05) is 0 Å². The highest BCUT2D eigenvalue weighted by Gasteiger charge is 2.18. The first kappa shape index (κ1) is 14.6. The Kier molecular flexibility index (Phi) is 4.76. The summed E-state index contributed by atoms with van der Waals surface area (Å²) in [6, 6.07) is 7.90. The fourth-order valence-corrected chi connectivity index (χ4v) is 1.70. The van der Waals surface area contributed by atoms with Crippen molar-refractivity contribution in [1.82, 2.24) is 0 Å². The summed E-state index contributed by atoms with van der Waals surface area (Å²) >= 11 is 0. The highest BCUT2D eigenvalue weighted by atomic mass is 16.5. The van der Waals surface area contributed by atoms with Crippen LogP contribution in [0.4, 0.5) is 0 Å². The van der Waals surface area contributed by atoms with Crippen LogP contribution >= 0.6 is 0 Å². The Bertz CT molecular complexity index is 395. The molecular formula is C15H23NO2. The molecule has 0 fully saturated rings. The van der Waals surface area contributed by atoms with E-state index in [1.807, 2.05) is 31.2 Å². The maximum absolute atomic E-state index is 11.1. The van der Waals surface area contributed by atoms with E-state index in [1.165, 1.54) is 5.56 Å². The van der Waals surface area contributed by atoms with Gasteiger partial charge in [0.2, 0.25) is 0 Å². The number of ether oxygens (including phenoxy) is 1. The Balaban J connectivity index is 2.80. The molecule has 1 unspecified atom stereocenters. The quantitative estimate of drug-likeness (QED) is 0.842. The van der Waals surface area contributed by atoms with Crippen molar-refractivity contribution in [3.8, 4) is 5.75 Å². The molecule has 0 aliphatic rings. The van der Waals surface area contributed by atoms with Gasteiger partial charge in [-0.1, -0.05) is 39.8 Å². The molecule has 0 aliphatic carbocycles. The lowest BCUT2D eigenvalue weighted by Crippen LogP contribution is -2.33. The van der Waals surface area contributed by atoms with Crippen molar-refractivity contribution < 1.29 is 9.53 Å². The smallest absolute Gasteiger partial charge is 0.258 e. The monoisotopic (exact) mass is 249 g/mol. The lowest BCUT2D eigenvalue weighted by Gasteiger charge is -2.23. The molecular weight excluding hydrogens is 226 g/mol. The van der Waals surface area contributed by atoms with Gasteiger partial charge in [-0.05, 0) is 36.0 Å². The van der Waals surface area contributed by atoms with Crippen LogP contribution in [0.15, 0.2) is 24.3 Å². The third-order valence-electron chi connectivity index (χ3n) is 3.49. The number of nitrogens with two attached hydrogens (primary N) is 1. The highest BCUT2D eigenvalue weighted by Crippen LogP contribution is 2.28. The van der Waals surface area contributed by atoms with Crippen LogP contribution in [-0.4, -0.2) is 12.0 Å². The molecule has 1 aromatic carbocycles. The van der Waals surface area contributed by atoms with Crippen molar-refractivity contribution in [1.29, 1.82) is 0 Å². The van der Waals surface area contributed by atoms with Crippen molar-refractivity contribution in [3.05, 3.63) is 29.8 Å². The minimum Gasteiger partial charge on any atom is -0.481 e. The first-order valence-electron chi connectivity index (χ1n) is 6.47. The molecule has 0 saturated carbocycles. The molecule has 1 amide bonds. The molecule has 2 N–H and O–H groups in total. The summed E-state index contributed by atoms with van der Waals surface area (Å²) in [5.74, 6) is 0.270. The van der Waals surface area contributed by atoms with Gasteiger partial charge < -0.3 is 10.5 Å². The zero-order valence-electron chi connectivity index (χ0n) is 11.7. The van der Waals surface area contributed by atoms with E-state index >= 15 is 0 Å². The molecule has 0 aromatic heterocycles. The molecule has 0 saturated heterocycles. The van der Waals surface area contributed by atoms with Gasteiger partial charge in [0.1, 0.15) is 5.75 Å². The number of benzene rings is 1. The SMILES string of the molecule is CCC(Oc1ccc(C(C)(C)CC)cc1)C(N)=O. The molecule has 0 spiro atoms. The molecule has 3 heteroatoms. The van der Waals surface area contributed by atoms with E-state index in [-0.39, 0.29) is 5.41 Å². The van der Waals surface area contributed by atoms with Crippen LogP contribution in [0, 0.1) is 0 Å². The number of rotatable bonds is 6. The van der Waals surface area contributed by atoms with E-state index in [4.69, 9.17) is 10.5 Å². The lowest BCUT2D eigenvalue weighted by atomic mass is 9.82. The van der Waals surface area contributed by atoms with Crippen molar-refractivity contribution in [3.63, 3.8) is 0 Å². The van der Waals surface area contributed by atoms with Crippen LogP contribution in [0.1, 0.15) is 46.1 Å². The summed E-state index contributed by atoms with van der Waals surface area (Å²) in [6.07, 6.45) is 1.11. The van der Waals surface area contributed by atoms with Crippen LogP contribution in [0.5, 0.6) is 5.75 Å². The summed E-state index contributed by atoms with van der Waals surface area (Å²) < 4.78 is 5.55. The van der Waals surface area contributed by atoms with E-state index in [9.17, 15) is 4.79 Å². The topological polar surface area (TPSA) is 52.3 Å². The van der Waals surface area contributed by atoms with Gasteiger partial charge in [-0.2, -0.15) is 0 Å². The predicted octanol–water partition coefficient (Wildman–Crippen LogP) is 3.02. The van der Waals surface area contributed by atoms with E-state index in [0.717, 1.165) is 6.42 Å².